The Labute approximate surface area is 208 Å². The summed E-state index contributed by atoms with van der Waals surface area (Å²) in [5.74, 6) is -2.50. The fraction of sp³-hybridized carbons (Fsp3) is 0.250. The van der Waals surface area contributed by atoms with E-state index in [-0.39, 0.29) is 35.8 Å². The molecule has 1 atom stereocenters. The van der Waals surface area contributed by atoms with Gasteiger partial charge in [-0.25, -0.2) is 19.0 Å². The Hall–Kier alpha value is -4.19. The molecule has 0 unspecified atom stereocenters. The number of thiazole rings is 1. The van der Waals surface area contributed by atoms with Crippen molar-refractivity contribution in [3.63, 3.8) is 0 Å². The number of nitrogens with one attached hydrogen (secondary N) is 1. The molecule has 188 valence electrons. The van der Waals surface area contributed by atoms with Crippen LogP contribution in [0.25, 0.3) is 0 Å². The van der Waals surface area contributed by atoms with Crippen LogP contribution in [0.2, 0.25) is 0 Å². The minimum absolute atomic E-state index is 0.00970. The van der Waals surface area contributed by atoms with Crippen LogP contribution in [-0.4, -0.2) is 51.7 Å². The Morgan fingerprint density at radius 3 is 2.69 bits per heavy atom. The molecule has 0 fully saturated rings. The first-order valence-electron chi connectivity index (χ1n) is 10.7. The molecular formula is C24H22FN3O7S. The van der Waals surface area contributed by atoms with E-state index in [9.17, 15) is 29.0 Å². The number of phenols is 1. The number of aromatic hydroxyl groups is 1. The Morgan fingerprint density at radius 1 is 1.28 bits per heavy atom. The molecule has 0 saturated carbocycles. The van der Waals surface area contributed by atoms with Gasteiger partial charge < -0.3 is 25.0 Å². The molecule has 3 N–H and O–H groups in total. The van der Waals surface area contributed by atoms with Crippen LogP contribution >= 0.6 is 11.3 Å². The number of methoxy groups -OCH3 is 1. The maximum atomic E-state index is 14.4. The van der Waals surface area contributed by atoms with Gasteiger partial charge in [0.2, 0.25) is 5.91 Å². The van der Waals surface area contributed by atoms with E-state index >= 15 is 0 Å². The second-order valence-corrected chi connectivity index (χ2v) is 9.13. The van der Waals surface area contributed by atoms with Gasteiger partial charge in [0.1, 0.15) is 11.6 Å². The van der Waals surface area contributed by atoms with Crippen molar-refractivity contribution in [1.82, 2.24) is 9.88 Å². The highest BCUT2D eigenvalue weighted by atomic mass is 32.1. The quantitative estimate of drug-likeness (QED) is 0.412. The monoisotopic (exact) mass is 515 g/mol. The summed E-state index contributed by atoms with van der Waals surface area (Å²) in [5, 5.41) is 25.2. The van der Waals surface area contributed by atoms with Crippen molar-refractivity contribution in [1.29, 1.82) is 0 Å². The third-order valence-electron chi connectivity index (χ3n) is 5.95. The predicted molar refractivity (Wildman–Crippen MR) is 127 cm³/mol. The number of nitrogens with zero attached hydrogens (tertiary/aromatic N) is 2. The van der Waals surface area contributed by atoms with Gasteiger partial charge in [-0.1, -0.05) is 0 Å². The van der Waals surface area contributed by atoms with E-state index < -0.39 is 29.3 Å². The smallest absolute Gasteiger partial charge is 0.408 e. The molecule has 2 heterocycles. The highest BCUT2D eigenvalue weighted by Crippen LogP contribution is 2.44. The van der Waals surface area contributed by atoms with Crippen LogP contribution in [0.3, 0.4) is 0 Å². The highest BCUT2D eigenvalue weighted by Gasteiger charge is 2.44. The van der Waals surface area contributed by atoms with Crippen molar-refractivity contribution in [2.45, 2.75) is 25.3 Å². The number of fused-ring (bicyclic) bond motifs is 1. The summed E-state index contributed by atoms with van der Waals surface area (Å²) in [6, 6.07) is 6.38. The summed E-state index contributed by atoms with van der Waals surface area (Å²) in [6.07, 6.45) is 0.412. The maximum Gasteiger partial charge on any atom is 0.408 e. The molecule has 10 nitrogen and oxygen atoms in total. The van der Waals surface area contributed by atoms with E-state index in [1.807, 2.05) is 0 Å². The number of aromatic nitrogens is 1. The van der Waals surface area contributed by atoms with Crippen molar-refractivity contribution in [3.8, 4) is 17.2 Å². The number of amides is 2. The van der Waals surface area contributed by atoms with Crippen LogP contribution in [0, 0.1) is 5.82 Å². The van der Waals surface area contributed by atoms with Gasteiger partial charge in [-0.15, -0.1) is 11.3 Å². The van der Waals surface area contributed by atoms with E-state index in [0.717, 1.165) is 13.2 Å². The van der Waals surface area contributed by atoms with Crippen LogP contribution < -0.4 is 10.1 Å². The molecule has 12 heteroatoms. The summed E-state index contributed by atoms with van der Waals surface area (Å²) in [7, 11) is 1.13. The highest BCUT2D eigenvalue weighted by molar-refractivity contribution is 7.13. The minimum atomic E-state index is -1.30. The molecule has 1 aliphatic heterocycles. The van der Waals surface area contributed by atoms with Gasteiger partial charge in [0.25, 0.3) is 0 Å². The zero-order valence-electron chi connectivity index (χ0n) is 19.3. The lowest BCUT2D eigenvalue weighted by Crippen LogP contribution is -2.52. The van der Waals surface area contributed by atoms with Gasteiger partial charge in [0, 0.05) is 24.2 Å². The molecule has 0 aliphatic carbocycles. The van der Waals surface area contributed by atoms with Crippen LogP contribution in [0.15, 0.2) is 41.9 Å². The van der Waals surface area contributed by atoms with Gasteiger partial charge in [0.05, 0.1) is 24.6 Å². The Balaban J connectivity index is 1.69. The Kier molecular flexibility index (Phi) is 6.80. The molecule has 0 spiro atoms. The summed E-state index contributed by atoms with van der Waals surface area (Å²) in [4.78, 5) is 41.7. The molecule has 3 aromatic rings. The second kappa shape index (κ2) is 9.82. The lowest BCUT2D eigenvalue weighted by molar-refractivity contribution is -0.118. The van der Waals surface area contributed by atoms with Gasteiger partial charge in [-0.3, -0.25) is 9.69 Å². The van der Waals surface area contributed by atoms with Crippen molar-refractivity contribution in [3.05, 3.63) is 64.4 Å². The fourth-order valence-electron chi connectivity index (χ4n) is 4.25. The number of carbonyl (C=O) groups excluding carboxylic acids is 2. The third-order valence-corrected chi connectivity index (χ3v) is 6.64. The van der Waals surface area contributed by atoms with Crippen molar-refractivity contribution >= 4 is 34.4 Å². The first kappa shape index (κ1) is 24.9. The fourth-order valence-corrected chi connectivity index (χ4v) is 4.79. The number of phenolic OH excluding ortho intramolecular Hbond substituents is 1. The number of ether oxygens (including phenoxy) is 2. The SMILES string of the molecule is COC(=O)c1ccc(Oc2cc3c(cc2O)CCN(C(=O)O)[C@]3(C)CC(=O)Nc2nccs2)cc1F. The maximum absolute atomic E-state index is 14.4. The number of benzene rings is 2. The van der Waals surface area contributed by atoms with E-state index in [0.29, 0.717) is 22.7 Å². The molecule has 2 amide bonds. The molecule has 4 rings (SSSR count). The van der Waals surface area contributed by atoms with E-state index in [4.69, 9.17) is 4.74 Å². The van der Waals surface area contributed by atoms with Crippen molar-refractivity contribution in [2.75, 3.05) is 19.0 Å². The zero-order valence-corrected chi connectivity index (χ0v) is 20.1. The molecule has 0 bridgehead atoms. The zero-order chi connectivity index (χ0) is 26.0. The minimum Gasteiger partial charge on any atom is -0.504 e. The van der Waals surface area contributed by atoms with Crippen LogP contribution in [0.5, 0.6) is 17.2 Å². The summed E-state index contributed by atoms with van der Waals surface area (Å²) >= 11 is 1.23. The normalized spacial score (nSPS) is 16.7. The number of halogens is 1. The van der Waals surface area contributed by atoms with Crippen molar-refractivity contribution < 1.29 is 38.5 Å². The Bertz CT molecular complexity index is 1330. The summed E-state index contributed by atoms with van der Waals surface area (Å²) < 4.78 is 24.6. The second-order valence-electron chi connectivity index (χ2n) is 8.23. The van der Waals surface area contributed by atoms with Crippen LogP contribution in [-0.2, 0) is 21.5 Å². The van der Waals surface area contributed by atoms with E-state index in [1.165, 1.54) is 46.7 Å². The molecule has 0 radical (unpaired) electrons. The number of rotatable bonds is 6. The van der Waals surface area contributed by atoms with Crippen molar-refractivity contribution in [2.24, 2.45) is 0 Å². The lowest BCUT2D eigenvalue weighted by atomic mass is 9.79. The number of carboxylic acid groups (broad SMARTS) is 1. The summed E-state index contributed by atoms with van der Waals surface area (Å²) in [5.41, 5.74) is -0.471. The Morgan fingerprint density at radius 2 is 2.06 bits per heavy atom. The number of hydrogen-bond acceptors (Lipinski definition) is 8. The lowest BCUT2D eigenvalue weighted by Gasteiger charge is -2.44. The van der Waals surface area contributed by atoms with Crippen LogP contribution in [0.1, 0.15) is 34.8 Å². The molecule has 36 heavy (non-hydrogen) atoms. The first-order valence-corrected chi connectivity index (χ1v) is 11.6. The van der Waals surface area contributed by atoms with Gasteiger partial charge in [-0.2, -0.15) is 0 Å². The van der Waals surface area contributed by atoms with E-state index in [1.54, 1.807) is 12.3 Å². The molecule has 2 aromatic carbocycles. The van der Waals surface area contributed by atoms with Gasteiger partial charge >= 0.3 is 12.1 Å². The number of anilines is 1. The molecular weight excluding hydrogens is 493 g/mol. The van der Waals surface area contributed by atoms with Gasteiger partial charge in [-0.05, 0) is 48.7 Å². The molecule has 0 saturated heterocycles. The van der Waals surface area contributed by atoms with Gasteiger partial charge in [0.15, 0.2) is 16.6 Å². The van der Waals surface area contributed by atoms with E-state index in [2.05, 4.69) is 15.0 Å². The first-order chi connectivity index (χ1) is 17.1. The predicted octanol–water partition coefficient (Wildman–Crippen LogP) is 4.35. The number of esters is 1. The molecule has 1 aliphatic rings. The third kappa shape index (κ3) is 4.80. The number of hydrogen-bond donors (Lipinski definition) is 3. The average molecular weight is 516 g/mol. The van der Waals surface area contributed by atoms with Crippen LogP contribution in [0.4, 0.5) is 14.3 Å². The summed E-state index contributed by atoms with van der Waals surface area (Å²) in [6.45, 7) is 1.73. The molecule has 1 aromatic heterocycles. The number of carbonyl (C=O) groups is 3. The topological polar surface area (TPSA) is 138 Å². The largest absolute Gasteiger partial charge is 0.504 e. The standard InChI is InChI=1S/C24H22FN3O7S/c1-24(12-20(30)27-22-26-6-8-36-22)16-11-19(18(29)9-13(16)5-7-28(24)23(32)33)35-14-3-4-15(17(25)10-14)21(31)34-2/h3-4,6,8-11,29H,5,7,12H2,1-2H3,(H,32,33)(H,26,27,30)/t24-/m1/s1. The average Bonchev–Trinajstić information content (AvgIpc) is 3.32.